The summed E-state index contributed by atoms with van der Waals surface area (Å²) in [7, 11) is -8.62. The van der Waals surface area contributed by atoms with Crippen LogP contribution in [-0.4, -0.2) is 29.7 Å². The Hall–Kier alpha value is -3.37. The summed E-state index contributed by atoms with van der Waals surface area (Å²) in [6.45, 7) is 5.46. The van der Waals surface area contributed by atoms with Crippen molar-refractivity contribution in [3.8, 4) is 17.2 Å². The van der Waals surface area contributed by atoms with Gasteiger partial charge in [0.1, 0.15) is 21.1 Å². The highest BCUT2D eigenvalue weighted by atomic mass is 32.2. The van der Waals surface area contributed by atoms with E-state index in [4.69, 9.17) is 13.1 Å². The van der Waals surface area contributed by atoms with E-state index in [1.165, 1.54) is 31.2 Å². The largest absolute Gasteiger partial charge is 0.492 e. The molecule has 1 saturated carbocycles. The molecular weight excluding hydrogens is 504 g/mol. The van der Waals surface area contributed by atoms with E-state index in [0.717, 1.165) is 30.0 Å². The number of carbonyl (C=O) groups excluding carboxylic acids is 1. The van der Waals surface area contributed by atoms with Gasteiger partial charge in [0, 0.05) is 11.6 Å². The minimum Gasteiger partial charge on any atom is -0.492 e. The van der Waals surface area contributed by atoms with Crippen LogP contribution < -0.4 is 13.1 Å². The molecule has 0 amide bonds. The van der Waals surface area contributed by atoms with E-state index < -0.39 is 26.0 Å². The molecule has 3 aromatic carbocycles. The predicted octanol–water partition coefficient (Wildman–Crippen LogP) is 4.75. The van der Waals surface area contributed by atoms with Crippen molar-refractivity contribution in [2.24, 2.45) is 5.92 Å². The van der Waals surface area contributed by atoms with Gasteiger partial charge in [-0.1, -0.05) is 35.4 Å². The third-order valence-corrected chi connectivity index (χ3v) is 8.28. The first-order valence-electron chi connectivity index (χ1n) is 11.3. The van der Waals surface area contributed by atoms with Crippen molar-refractivity contribution in [2.45, 2.75) is 43.4 Å². The summed E-state index contributed by atoms with van der Waals surface area (Å²) in [6.07, 6.45) is 2.37. The number of aldehydes is 1. The van der Waals surface area contributed by atoms with Crippen molar-refractivity contribution in [3.05, 3.63) is 76.9 Å². The first-order valence-corrected chi connectivity index (χ1v) is 14.1. The lowest BCUT2D eigenvalue weighted by molar-refractivity contribution is 0.111. The van der Waals surface area contributed by atoms with Crippen LogP contribution in [0.15, 0.2) is 64.4 Å². The van der Waals surface area contributed by atoms with Gasteiger partial charge in [0.2, 0.25) is 0 Å². The molecule has 0 heterocycles. The van der Waals surface area contributed by atoms with Crippen molar-refractivity contribution in [3.63, 3.8) is 0 Å². The van der Waals surface area contributed by atoms with Crippen molar-refractivity contribution in [1.82, 2.24) is 0 Å². The molecule has 0 atom stereocenters. The van der Waals surface area contributed by atoms with Crippen molar-refractivity contribution in [1.29, 1.82) is 0 Å². The van der Waals surface area contributed by atoms with Gasteiger partial charge >= 0.3 is 20.2 Å². The van der Waals surface area contributed by atoms with Crippen LogP contribution in [0.4, 0.5) is 0 Å². The SMILES string of the molecule is Cc1ccc(S(=O)(=O)Oc2cc(OS(=O)(=O)c3ccc(C)cc3)c(C=O)c(OCC3CC3)c2C)cc1. The fourth-order valence-corrected chi connectivity index (χ4v) is 5.33. The molecule has 1 fully saturated rings. The van der Waals surface area contributed by atoms with Crippen LogP contribution in [0, 0.1) is 26.7 Å². The van der Waals surface area contributed by atoms with E-state index in [9.17, 15) is 21.6 Å². The van der Waals surface area contributed by atoms with E-state index in [0.29, 0.717) is 18.8 Å². The number of aryl methyl sites for hydroxylation is 2. The second kappa shape index (κ2) is 9.94. The summed E-state index contributed by atoms with van der Waals surface area (Å²) in [5.74, 6) is -0.273. The highest BCUT2D eigenvalue weighted by Gasteiger charge is 2.29. The fraction of sp³-hybridized carbons (Fsp3) is 0.269. The number of benzene rings is 3. The second-order valence-electron chi connectivity index (χ2n) is 8.81. The Kier molecular flexibility index (Phi) is 7.10. The predicted molar refractivity (Wildman–Crippen MR) is 133 cm³/mol. The van der Waals surface area contributed by atoms with Crippen LogP contribution in [0.5, 0.6) is 17.2 Å². The lowest BCUT2D eigenvalue weighted by Gasteiger charge is -2.18. The second-order valence-corrected chi connectivity index (χ2v) is 11.9. The molecule has 10 heteroatoms. The Morgan fingerprint density at radius 1 is 0.778 bits per heavy atom. The van der Waals surface area contributed by atoms with E-state index in [-0.39, 0.29) is 32.4 Å². The molecule has 0 N–H and O–H groups in total. The van der Waals surface area contributed by atoms with Gasteiger partial charge < -0.3 is 13.1 Å². The Balaban J connectivity index is 1.78. The number of carbonyl (C=O) groups is 1. The zero-order valence-electron chi connectivity index (χ0n) is 20.1. The maximum atomic E-state index is 13.0. The quantitative estimate of drug-likeness (QED) is 0.273. The maximum absolute atomic E-state index is 13.0. The highest BCUT2D eigenvalue weighted by molar-refractivity contribution is 7.87. The Labute approximate surface area is 211 Å². The Morgan fingerprint density at radius 3 is 1.69 bits per heavy atom. The molecule has 0 radical (unpaired) electrons. The molecule has 0 aliphatic heterocycles. The molecule has 4 rings (SSSR count). The first kappa shape index (κ1) is 25.7. The van der Waals surface area contributed by atoms with Crippen molar-refractivity contribution in [2.75, 3.05) is 6.61 Å². The smallest absolute Gasteiger partial charge is 0.339 e. The lowest BCUT2D eigenvalue weighted by atomic mass is 10.1. The van der Waals surface area contributed by atoms with Gasteiger partial charge in [-0.25, -0.2) is 0 Å². The van der Waals surface area contributed by atoms with Gasteiger partial charge in [-0.05, 0) is 63.8 Å². The maximum Gasteiger partial charge on any atom is 0.339 e. The molecule has 0 saturated heterocycles. The minimum absolute atomic E-state index is 0.0163. The average molecular weight is 531 g/mol. The van der Waals surface area contributed by atoms with Crippen LogP contribution in [-0.2, 0) is 20.2 Å². The normalized spacial score (nSPS) is 13.8. The number of rotatable bonds is 10. The molecular formula is C26H26O8S2. The summed E-state index contributed by atoms with van der Waals surface area (Å²) in [4.78, 5) is 11.9. The van der Waals surface area contributed by atoms with Gasteiger partial charge in [-0.2, -0.15) is 16.8 Å². The minimum atomic E-state index is -4.35. The Morgan fingerprint density at radius 2 is 1.25 bits per heavy atom. The van der Waals surface area contributed by atoms with Crippen LogP contribution in [0.1, 0.15) is 39.9 Å². The van der Waals surface area contributed by atoms with E-state index in [1.54, 1.807) is 24.3 Å². The first-order chi connectivity index (χ1) is 17.0. The molecule has 1 aliphatic carbocycles. The third-order valence-electron chi connectivity index (χ3n) is 5.78. The monoisotopic (exact) mass is 530 g/mol. The fourth-order valence-electron chi connectivity index (χ4n) is 3.41. The molecule has 190 valence electrons. The summed E-state index contributed by atoms with van der Waals surface area (Å²) in [5, 5.41) is 0. The molecule has 8 nitrogen and oxygen atoms in total. The zero-order valence-corrected chi connectivity index (χ0v) is 21.7. The summed E-state index contributed by atoms with van der Waals surface area (Å²) < 4.78 is 68.4. The van der Waals surface area contributed by atoms with Crippen molar-refractivity contribution < 1.29 is 34.7 Å². The van der Waals surface area contributed by atoms with Gasteiger partial charge in [0.25, 0.3) is 0 Å². The van der Waals surface area contributed by atoms with E-state index in [2.05, 4.69) is 0 Å². The highest BCUT2D eigenvalue weighted by Crippen LogP contribution is 2.41. The zero-order chi connectivity index (χ0) is 26.1. The van der Waals surface area contributed by atoms with Crippen LogP contribution >= 0.6 is 0 Å². The standard InChI is InChI=1S/C26H26O8S2/c1-17-4-10-21(11-5-17)35(28,29)33-24-14-25(34-36(30,31)22-12-6-18(2)7-13-22)23(15-27)26(19(24)3)32-16-20-8-9-20/h4-7,10-15,20H,8-9,16H2,1-3H3. The molecule has 0 unspecified atom stereocenters. The summed E-state index contributed by atoms with van der Waals surface area (Å²) >= 11 is 0. The summed E-state index contributed by atoms with van der Waals surface area (Å²) in [6, 6.07) is 13.1. The van der Waals surface area contributed by atoms with E-state index in [1.807, 2.05) is 13.8 Å². The van der Waals surface area contributed by atoms with Crippen LogP contribution in [0.25, 0.3) is 0 Å². The number of hydrogen-bond donors (Lipinski definition) is 0. The van der Waals surface area contributed by atoms with Gasteiger partial charge in [-0.15, -0.1) is 0 Å². The number of hydrogen-bond acceptors (Lipinski definition) is 8. The van der Waals surface area contributed by atoms with E-state index >= 15 is 0 Å². The Bertz CT molecular complexity index is 1490. The molecule has 0 aromatic heterocycles. The van der Waals surface area contributed by atoms with Gasteiger partial charge in [-0.3, -0.25) is 4.79 Å². The average Bonchev–Trinajstić information content (AvgIpc) is 3.65. The van der Waals surface area contributed by atoms with Crippen LogP contribution in [0.3, 0.4) is 0 Å². The van der Waals surface area contributed by atoms with Crippen LogP contribution in [0.2, 0.25) is 0 Å². The molecule has 3 aromatic rings. The molecule has 36 heavy (non-hydrogen) atoms. The molecule has 0 bridgehead atoms. The lowest BCUT2D eigenvalue weighted by Crippen LogP contribution is -2.15. The van der Waals surface area contributed by atoms with Gasteiger partial charge in [0.15, 0.2) is 17.8 Å². The third kappa shape index (κ3) is 5.71. The molecule has 1 aliphatic rings. The van der Waals surface area contributed by atoms with Gasteiger partial charge in [0.05, 0.1) is 6.61 Å². The van der Waals surface area contributed by atoms with Crippen molar-refractivity contribution >= 4 is 26.5 Å². The topological polar surface area (TPSA) is 113 Å². The summed E-state index contributed by atoms with van der Waals surface area (Å²) in [5.41, 5.74) is 1.80. The number of ether oxygens (including phenoxy) is 1. The molecule has 0 spiro atoms.